The number of hydrogen-bond acceptors (Lipinski definition) is 3. The first-order valence-corrected chi connectivity index (χ1v) is 4.53. The van der Waals surface area contributed by atoms with E-state index in [1.807, 2.05) is 6.07 Å². The first kappa shape index (κ1) is 9.74. The van der Waals surface area contributed by atoms with Crippen molar-refractivity contribution in [3.63, 3.8) is 0 Å². The lowest BCUT2D eigenvalue weighted by atomic mass is 10.3. The molecule has 2 nitrogen and oxygen atoms in total. The van der Waals surface area contributed by atoms with Crippen LogP contribution in [-0.4, -0.2) is 14.2 Å². The molecule has 1 rings (SSSR count). The minimum absolute atomic E-state index is 0.678. The van der Waals surface area contributed by atoms with Crippen LogP contribution in [0, 0.1) is 0 Å². The van der Waals surface area contributed by atoms with E-state index in [0.717, 1.165) is 9.37 Å². The molecule has 1 aromatic rings. The molecule has 0 heterocycles. The number of halogens is 1. The standard InChI is InChI=1S/C8H9BrO2S/c1-10-7-4-5(12)3-6(9)8(7)11-2/h3-4,12H,1-2H3. The van der Waals surface area contributed by atoms with Crippen LogP contribution in [0.3, 0.4) is 0 Å². The van der Waals surface area contributed by atoms with Crippen LogP contribution < -0.4 is 9.47 Å². The highest BCUT2D eigenvalue weighted by Gasteiger charge is 2.08. The summed E-state index contributed by atoms with van der Waals surface area (Å²) in [4.78, 5) is 0.833. The van der Waals surface area contributed by atoms with Gasteiger partial charge in [-0.2, -0.15) is 0 Å². The van der Waals surface area contributed by atoms with E-state index in [2.05, 4.69) is 28.6 Å². The van der Waals surface area contributed by atoms with Crippen molar-refractivity contribution >= 4 is 28.6 Å². The minimum Gasteiger partial charge on any atom is -0.493 e. The summed E-state index contributed by atoms with van der Waals surface area (Å²) in [6.45, 7) is 0. The van der Waals surface area contributed by atoms with Crippen molar-refractivity contribution in [2.24, 2.45) is 0 Å². The van der Waals surface area contributed by atoms with Gasteiger partial charge in [-0.3, -0.25) is 0 Å². The smallest absolute Gasteiger partial charge is 0.174 e. The van der Waals surface area contributed by atoms with Crippen molar-refractivity contribution in [2.45, 2.75) is 4.90 Å². The maximum Gasteiger partial charge on any atom is 0.174 e. The van der Waals surface area contributed by atoms with Crippen LogP contribution in [0.25, 0.3) is 0 Å². The van der Waals surface area contributed by atoms with Crippen LogP contribution >= 0.6 is 28.6 Å². The number of rotatable bonds is 2. The van der Waals surface area contributed by atoms with E-state index in [9.17, 15) is 0 Å². The molecule has 12 heavy (non-hydrogen) atoms. The largest absolute Gasteiger partial charge is 0.493 e. The van der Waals surface area contributed by atoms with Gasteiger partial charge >= 0.3 is 0 Å². The van der Waals surface area contributed by atoms with Crippen molar-refractivity contribution in [1.29, 1.82) is 0 Å². The van der Waals surface area contributed by atoms with E-state index in [0.29, 0.717) is 11.5 Å². The Morgan fingerprint density at radius 1 is 1.25 bits per heavy atom. The first-order valence-electron chi connectivity index (χ1n) is 3.29. The monoisotopic (exact) mass is 248 g/mol. The van der Waals surface area contributed by atoms with Crippen LogP contribution in [0.2, 0.25) is 0 Å². The second-order valence-corrected chi connectivity index (χ2v) is 3.53. The predicted molar refractivity (Wildman–Crippen MR) is 54.5 cm³/mol. The van der Waals surface area contributed by atoms with Gasteiger partial charge in [-0.05, 0) is 28.1 Å². The quantitative estimate of drug-likeness (QED) is 0.812. The molecule has 0 fully saturated rings. The lowest BCUT2D eigenvalue weighted by Gasteiger charge is -2.09. The van der Waals surface area contributed by atoms with Gasteiger partial charge in [-0.15, -0.1) is 12.6 Å². The molecule has 0 amide bonds. The van der Waals surface area contributed by atoms with E-state index in [1.54, 1.807) is 20.3 Å². The molecule has 4 heteroatoms. The van der Waals surface area contributed by atoms with Crippen molar-refractivity contribution in [3.8, 4) is 11.5 Å². The summed E-state index contributed by atoms with van der Waals surface area (Å²) in [5.41, 5.74) is 0. The lowest BCUT2D eigenvalue weighted by molar-refractivity contribution is 0.352. The Morgan fingerprint density at radius 3 is 2.42 bits per heavy atom. The molecule has 0 unspecified atom stereocenters. The topological polar surface area (TPSA) is 18.5 Å². The number of hydrogen-bond donors (Lipinski definition) is 1. The predicted octanol–water partition coefficient (Wildman–Crippen LogP) is 2.76. The highest BCUT2D eigenvalue weighted by molar-refractivity contribution is 9.10. The molecule has 66 valence electrons. The number of benzene rings is 1. The molecule has 0 radical (unpaired) electrons. The highest BCUT2D eigenvalue weighted by Crippen LogP contribution is 2.36. The molecule has 0 spiro atoms. The van der Waals surface area contributed by atoms with E-state index < -0.39 is 0 Å². The summed E-state index contributed by atoms with van der Waals surface area (Å²) in [7, 11) is 3.19. The maximum absolute atomic E-state index is 5.12. The van der Waals surface area contributed by atoms with Gasteiger partial charge in [0.05, 0.1) is 18.7 Å². The summed E-state index contributed by atoms with van der Waals surface area (Å²) < 4.78 is 11.1. The Kier molecular flexibility index (Phi) is 3.29. The average Bonchev–Trinajstić information content (AvgIpc) is 2.03. The Bertz CT molecular complexity index is 289. The second-order valence-electron chi connectivity index (χ2n) is 2.16. The minimum atomic E-state index is 0.678. The number of thiol groups is 1. The average molecular weight is 249 g/mol. The molecule has 0 N–H and O–H groups in total. The fourth-order valence-electron chi connectivity index (χ4n) is 0.904. The van der Waals surface area contributed by atoms with Crippen LogP contribution in [0.5, 0.6) is 11.5 Å². The summed E-state index contributed by atoms with van der Waals surface area (Å²) in [6.07, 6.45) is 0. The van der Waals surface area contributed by atoms with Crippen LogP contribution in [-0.2, 0) is 0 Å². The second kappa shape index (κ2) is 4.05. The zero-order chi connectivity index (χ0) is 9.14. The third-order valence-corrected chi connectivity index (χ3v) is 2.27. The van der Waals surface area contributed by atoms with Crippen molar-refractivity contribution in [2.75, 3.05) is 14.2 Å². The number of methoxy groups -OCH3 is 2. The summed E-state index contributed by atoms with van der Waals surface area (Å²) in [5.74, 6) is 1.37. The van der Waals surface area contributed by atoms with Gasteiger partial charge in [0.15, 0.2) is 11.5 Å². The molecule has 0 aliphatic heterocycles. The molecule has 0 aliphatic carbocycles. The van der Waals surface area contributed by atoms with E-state index in [4.69, 9.17) is 9.47 Å². The van der Waals surface area contributed by atoms with Gasteiger partial charge in [-0.25, -0.2) is 0 Å². The van der Waals surface area contributed by atoms with Crippen LogP contribution in [0.4, 0.5) is 0 Å². The van der Waals surface area contributed by atoms with E-state index in [-0.39, 0.29) is 0 Å². The van der Waals surface area contributed by atoms with Crippen molar-refractivity contribution in [3.05, 3.63) is 16.6 Å². The lowest BCUT2D eigenvalue weighted by Crippen LogP contribution is -1.91. The molecule has 0 bridgehead atoms. The van der Waals surface area contributed by atoms with Gasteiger partial charge in [0.25, 0.3) is 0 Å². The van der Waals surface area contributed by atoms with Gasteiger partial charge in [-0.1, -0.05) is 0 Å². The first-order chi connectivity index (χ1) is 5.69. The Balaban J connectivity index is 3.24. The zero-order valence-corrected chi connectivity index (χ0v) is 9.28. The van der Waals surface area contributed by atoms with Crippen molar-refractivity contribution < 1.29 is 9.47 Å². The molecular weight excluding hydrogens is 240 g/mol. The highest BCUT2D eigenvalue weighted by atomic mass is 79.9. The van der Waals surface area contributed by atoms with Gasteiger partial charge in [0.1, 0.15) is 0 Å². The van der Waals surface area contributed by atoms with Crippen molar-refractivity contribution in [1.82, 2.24) is 0 Å². The SMILES string of the molecule is COc1cc(S)cc(Br)c1OC. The molecule has 0 aliphatic rings. The molecular formula is C8H9BrO2S. The third-order valence-electron chi connectivity index (χ3n) is 1.42. The Morgan fingerprint density at radius 2 is 1.92 bits per heavy atom. The summed E-state index contributed by atoms with van der Waals surface area (Å²) in [6, 6.07) is 3.65. The van der Waals surface area contributed by atoms with E-state index >= 15 is 0 Å². The maximum atomic E-state index is 5.12. The zero-order valence-electron chi connectivity index (χ0n) is 6.80. The van der Waals surface area contributed by atoms with Crippen LogP contribution in [0.1, 0.15) is 0 Å². The Labute approximate surface area is 85.4 Å². The molecule has 0 saturated carbocycles. The normalized spacial score (nSPS) is 9.67. The Hall–Kier alpha value is -0.350. The van der Waals surface area contributed by atoms with Crippen LogP contribution in [0.15, 0.2) is 21.5 Å². The summed E-state index contributed by atoms with van der Waals surface area (Å²) in [5, 5.41) is 0. The van der Waals surface area contributed by atoms with E-state index in [1.165, 1.54) is 0 Å². The molecule has 0 saturated heterocycles. The molecule has 1 aromatic carbocycles. The van der Waals surface area contributed by atoms with Gasteiger partial charge in [0.2, 0.25) is 0 Å². The molecule has 0 atom stereocenters. The fourth-order valence-corrected chi connectivity index (χ4v) is 1.93. The van der Waals surface area contributed by atoms with Gasteiger partial charge < -0.3 is 9.47 Å². The number of ether oxygens (including phenoxy) is 2. The molecule has 0 aromatic heterocycles. The fraction of sp³-hybridized carbons (Fsp3) is 0.250. The third kappa shape index (κ3) is 1.87. The van der Waals surface area contributed by atoms with Gasteiger partial charge in [0, 0.05) is 4.90 Å². The summed E-state index contributed by atoms with van der Waals surface area (Å²) >= 11 is 7.54.